The molecule has 2 aromatic carbocycles. The Kier molecular flexibility index (Phi) is 5.08. The lowest BCUT2D eigenvalue weighted by atomic mass is 10.2. The summed E-state index contributed by atoms with van der Waals surface area (Å²) < 4.78 is 39.5. The second-order valence-corrected chi connectivity index (χ2v) is 7.64. The number of methoxy groups -OCH3 is 1. The van der Waals surface area contributed by atoms with Crippen molar-refractivity contribution in [1.82, 2.24) is 9.29 Å². The number of para-hydroxylation sites is 1. The Hall–Kier alpha value is -2.29. The predicted molar refractivity (Wildman–Crippen MR) is 98.2 cm³/mol. The topological polar surface area (TPSA) is 90.5 Å². The number of aromatic nitrogens is 1. The number of aryl methyl sites for hydroxylation is 1. The van der Waals surface area contributed by atoms with Crippen molar-refractivity contribution in [1.29, 1.82) is 0 Å². The molecule has 3 rings (SSSR count). The smallest absolute Gasteiger partial charge is 0.419 e. The van der Waals surface area contributed by atoms with Crippen molar-refractivity contribution in [2.24, 2.45) is 0 Å². The summed E-state index contributed by atoms with van der Waals surface area (Å²) in [5.74, 6) is 0.0119. The average molecular weight is 397 g/mol. The first-order valence-corrected chi connectivity index (χ1v) is 9.68. The van der Waals surface area contributed by atoms with Gasteiger partial charge in [-0.05, 0) is 19.1 Å². The SMILES string of the molecule is CCn1c(=O)oc2cc(S(=O)(=O)NCc3ccccc3OC)c(Cl)cc21. The number of ether oxygens (including phenoxy) is 1. The molecule has 0 aliphatic carbocycles. The number of nitrogens with one attached hydrogen (secondary N) is 1. The molecule has 0 aliphatic rings. The molecular weight excluding hydrogens is 380 g/mol. The minimum absolute atomic E-state index is 0.00743. The van der Waals surface area contributed by atoms with Crippen LogP contribution in [0.15, 0.2) is 50.5 Å². The minimum atomic E-state index is -3.92. The molecule has 3 aromatic rings. The van der Waals surface area contributed by atoms with Gasteiger partial charge >= 0.3 is 5.76 Å². The fourth-order valence-electron chi connectivity index (χ4n) is 2.67. The molecule has 7 nitrogen and oxygen atoms in total. The molecule has 0 aliphatic heterocycles. The largest absolute Gasteiger partial charge is 0.496 e. The van der Waals surface area contributed by atoms with Crippen molar-refractivity contribution in [3.8, 4) is 5.75 Å². The Morgan fingerprint density at radius 1 is 1.27 bits per heavy atom. The summed E-state index contributed by atoms with van der Waals surface area (Å²) in [6.45, 7) is 2.20. The highest BCUT2D eigenvalue weighted by Crippen LogP contribution is 2.28. The molecule has 0 bridgehead atoms. The summed E-state index contributed by atoms with van der Waals surface area (Å²) in [7, 11) is -2.41. The first-order valence-electron chi connectivity index (χ1n) is 7.82. The van der Waals surface area contributed by atoms with Crippen LogP contribution in [0.25, 0.3) is 11.1 Å². The Morgan fingerprint density at radius 3 is 2.69 bits per heavy atom. The van der Waals surface area contributed by atoms with E-state index in [-0.39, 0.29) is 22.0 Å². The molecule has 1 N–H and O–H groups in total. The standard InChI is InChI=1S/C17H17ClN2O5S/c1-3-20-13-8-12(18)16(9-15(13)25-17(20)21)26(22,23)19-10-11-6-4-5-7-14(11)24-2/h4-9,19H,3,10H2,1-2H3. The molecule has 26 heavy (non-hydrogen) atoms. The van der Waals surface area contributed by atoms with Gasteiger partial charge in [0, 0.05) is 24.7 Å². The number of hydrogen-bond acceptors (Lipinski definition) is 5. The number of fused-ring (bicyclic) bond motifs is 1. The number of rotatable bonds is 6. The van der Waals surface area contributed by atoms with Crippen LogP contribution in [0.2, 0.25) is 5.02 Å². The van der Waals surface area contributed by atoms with Gasteiger partial charge in [0.2, 0.25) is 10.0 Å². The molecule has 138 valence electrons. The zero-order valence-corrected chi connectivity index (χ0v) is 15.7. The Bertz CT molecular complexity index is 1120. The Morgan fingerprint density at radius 2 is 2.00 bits per heavy atom. The van der Waals surface area contributed by atoms with Crippen molar-refractivity contribution in [2.75, 3.05) is 7.11 Å². The Labute approximate surface area is 155 Å². The molecule has 1 heterocycles. The monoisotopic (exact) mass is 396 g/mol. The Balaban J connectivity index is 1.96. The number of nitrogens with zero attached hydrogens (tertiary/aromatic N) is 1. The zero-order valence-electron chi connectivity index (χ0n) is 14.2. The third-order valence-electron chi connectivity index (χ3n) is 3.97. The van der Waals surface area contributed by atoms with Crippen LogP contribution in [0.4, 0.5) is 0 Å². The molecule has 0 amide bonds. The quantitative estimate of drug-likeness (QED) is 0.691. The second-order valence-electron chi connectivity index (χ2n) is 5.50. The van der Waals surface area contributed by atoms with Gasteiger partial charge in [-0.15, -0.1) is 0 Å². The van der Waals surface area contributed by atoms with E-state index in [1.54, 1.807) is 31.2 Å². The maximum Gasteiger partial charge on any atom is 0.419 e. The van der Waals surface area contributed by atoms with E-state index in [2.05, 4.69) is 4.72 Å². The van der Waals surface area contributed by atoms with Crippen LogP contribution >= 0.6 is 11.6 Å². The first-order chi connectivity index (χ1) is 12.4. The lowest BCUT2D eigenvalue weighted by Gasteiger charge is -2.11. The molecule has 0 atom stereocenters. The maximum atomic E-state index is 12.7. The van der Waals surface area contributed by atoms with Crippen LogP contribution in [-0.4, -0.2) is 20.1 Å². The maximum absolute atomic E-state index is 12.7. The van der Waals surface area contributed by atoms with E-state index in [9.17, 15) is 13.2 Å². The number of sulfonamides is 1. The lowest BCUT2D eigenvalue weighted by Crippen LogP contribution is -2.23. The van der Waals surface area contributed by atoms with Gasteiger partial charge in [-0.25, -0.2) is 17.9 Å². The average Bonchev–Trinajstić information content (AvgIpc) is 2.93. The van der Waals surface area contributed by atoms with Crippen LogP contribution in [0.5, 0.6) is 5.75 Å². The second kappa shape index (κ2) is 7.14. The highest BCUT2D eigenvalue weighted by Gasteiger charge is 2.22. The van der Waals surface area contributed by atoms with Gasteiger partial charge in [-0.2, -0.15) is 0 Å². The van der Waals surface area contributed by atoms with Crippen LogP contribution in [0.1, 0.15) is 12.5 Å². The highest BCUT2D eigenvalue weighted by atomic mass is 35.5. The lowest BCUT2D eigenvalue weighted by molar-refractivity contribution is 0.409. The van der Waals surface area contributed by atoms with E-state index in [0.717, 1.165) is 0 Å². The zero-order chi connectivity index (χ0) is 18.9. The summed E-state index contributed by atoms with van der Waals surface area (Å²) in [4.78, 5) is 11.6. The fraction of sp³-hybridized carbons (Fsp3) is 0.235. The van der Waals surface area contributed by atoms with E-state index >= 15 is 0 Å². The third kappa shape index (κ3) is 3.35. The molecule has 0 fully saturated rings. The van der Waals surface area contributed by atoms with E-state index in [1.807, 2.05) is 0 Å². The minimum Gasteiger partial charge on any atom is -0.496 e. The van der Waals surface area contributed by atoms with Crippen LogP contribution in [0.3, 0.4) is 0 Å². The number of benzene rings is 2. The summed E-state index contributed by atoms with van der Waals surface area (Å²) >= 11 is 6.17. The van der Waals surface area contributed by atoms with E-state index in [0.29, 0.717) is 23.4 Å². The molecule has 1 aromatic heterocycles. The highest BCUT2D eigenvalue weighted by molar-refractivity contribution is 7.89. The summed E-state index contributed by atoms with van der Waals surface area (Å²) in [6.07, 6.45) is 0. The molecule has 0 radical (unpaired) electrons. The van der Waals surface area contributed by atoms with Crippen molar-refractivity contribution >= 4 is 32.7 Å². The fourth-order valence-corrected chi connectivity index (χ4v) is 4.21. The molecular formula is C17H17ClN2O5S. The third-order valence-corrected chi connectivity index (χ3v) is 5.84. The summed E-state index contributed by atoms with van der Waals surface area (Å²) in [5, 5.41) is 0.00743. The van der Waals surface area contributed by atoms with Crippen molar-refractivity contribution in [3.05, 3.63) is 57.5 Å². The number of halogens is 1. The van der Waals surface area contributed by atoms with Crippen molar-refractivity contribution in [2.45, 2.75) is 24.9 Å². The molecule has 0 saturated heterocycles. The van der Waals surface area contributed by atoms with Gasteiger partial charge in [0.1, 0.15) is 10.6 Å². The van der Waals surface area contributed by atoms with Crippen molar-refractivity contribution in [3.63, 3.8) is 0 Å². The van der Waals surface area contributed by atoms with Gasteiger partial charge in [-0.1, -0.05) is 29.8 Å². The van der Waals surface area contributed by atoms with Gasteiger partial charge in [0.15, 0.2) is 5.58 Å². The summed E-state index contributed by atoms with van der Waals surface area (Å²) in [6, 6.07) is 9.76. The van der Waals surface area contributed by atoms with Gasteiger partial charge in [-0.3, -0.25) is 4.57 Å². The number of hydrogen-bond donors (Lipinski definition) is 1. The van der Waals surface area contributed by atoms with Gasteiger partial charge < -0.3 is 9.15 Å². The molecule has 0 unspecified atom stereocenters. The van der Waals surface area contributed by atoms with Crippen molar-refractivity contribution < 1.29 is 17.6 Å². The molecule has 0 saturated carbocycles. The normalized spacial score (nSPS) is 11.8. The van der Waals surface area contributed by atoms with E-state index in [4.69, 9.17) is 20.8 Å². The number of oxazole rings is 1. The van der Waals surface area contributed by atoms with Gasteiger partial charge in [0.25, 0.3) is 0 Å². The van der Waals surface area contributed by atoms with Gasteiger partial charge in [0.05, 0.1) is 17.6 Å². The molecule has 9 heteroatoms. The summed E-state index contributed by atoms with van der Waals surface area (Å²) in [5.41, 5.74) is 1.30. The predicted octanol–water partition coefficient (Wildman–Crippen LogP) is 2.75. The van der Waals surface area contributed by atoms with E-state index < -0.39 is 15.8 Å². The molecule has 0 spiro atoms. The van der Waals surface area contributed by atoms with Crippen LogP contribution < -0.4 is 15.2 Å². The van der Waals surface area contributed by atoms with E-state index in [1.165, 1.54) is 23.8 Å². The van der Waals surface area contributed by atoms with Crippen LogP contribution in [0, 0.1) is 0 Å². The van der Waals surface area contributed by atoms with Crippen LogP contribution in [-0.2, 0) is 23.1 Å². The first kappa shape index (κ1) is 18.5.